The van der Waals surface area contributed by atoms with E-state index < -0.39 is 0 Å². The standard InChI is InChI=1S/C24H28N2O2/c1-18-10-12-20(13-11-18)17-26-24(28)22-9-5-8-21(16-22)23(27)25-15-14-19-6-3-2-4-7-19/h5-6,8-13,16H,2-4,7,14-15,17H2,1H3,(H,25,27)(H,26,28). The molecule has 1 aliphatic rings. The molecule has 0 aromatic heterocycles. The second-order valence-electron chi connectivity index (χ2n) is 7.36. The normalized spacial score (nSPS) is 13.5. The predicted molar refractivity (Wildman–Crippen MR) is 112 cm³/mol. The number of aryl methyl sites for hydroxylation is 1. The number of amides is 2. The van der Waals surface area contributed by atoms with E-state index in [9.17, 15) is 9.59 Å². The summed E-state index contributed by atoms with van der Waals surface area (Å²) in [6.07, 6.45) is 8.03. The van der Waals surface area contributed by atoms with Crippen molar-refractivity contribution in [1.82, 2.24) is 10.6 Å². The second-order valence-corrected chi connectivity index (χ2v) is 7.36. The van der Waals surface area contributed by atoms with Gasteiger partial charge in [0, 0.05) is 24.2 Å². The van der Waals surface area contributed by atoms with Gasteiger partial charge in [0.05, 0.1) is 0 Å². The van der Waals surface area contributed by atoms with E-state index in [1.54, 1.807) is 24.3 Å². The van der Waals surface area contributed by atoms with Crippen LogP contribution in [0.4, 0.5) is 0 Å². The van der Waals surface area contributed by atoms with Crippen LogP contribution in [-0.2, 0) is 6.54 Å². The average molecular weight is 377 g/mol. The zero-order valence-corrected chi connectivity index (χ0v) is 16.5. The van der Waals surface area contributed by atoms with Crippen molar-refractivity contribution in [2.75, 3.05) is 6.54 Å². The van der Waals surface area contributed by atoms with Crippen molar-refractivity contribution in [1.29, 1.82) is 0 Å². The minimum Gasteiger partial charge on any atom is -0.352 e. The Labute approximate surface area is 167 Å². The molecule has 0 saturated heterocycles. The molecule has 4 nitrogen and oxygen atoms in total. The smallest absolute Gasteiger partial charge is 0.251 e. The van der Waals surface area contributed by atoms with Crippen molar-refractivity contribution in [2.24, 2.45) is 0 Å². The van der Waals surface area contributed by atoms with Gasteiger partial charge in [-0.3, -0.25) is 9.59 Å². The Kier molecular flexibility index (Phi) is 7.01. The van der Waals surface area contributed by atoms with Gasteiger partial charge in [0.2, 0.25) is 0 Å². The molecular formula is C24H28N2O2. The van der Waals surface area contributed by atoms with Gasteiger partial charge in [-0.15, -0.1) is 0 Å². The molecule has 2 aromatic rings. The first-order valence-electron chi connectivity index (χ1n) is 10.0. The van der Waals surface area contributed by atoms with Crippen molar-refractivity contribution in [3.05, 3.63) is 82.4 Å². The quantitative estimate of drug-likeness (QED) is 0.697. The van der Waals surface area contributed by atoms with Crippen molar-refractivity contribution in [3.63, 3.8) is 0 Å². The number of allylic oxidation sites excluding steroid dienone is 1. The maximum atomic E-state index is 12.4. The molecule has 2 aromatic carbocycles. The van der Waals surface area contributed by atoms with Gasteiger partial charge >= 0.3 is 0 Å². The van der Waals surface area contributed by atoms with Crippen molar-refractivity contribution in [2.45, 2.75) is 45.6 Å². The highest BCUT2D eigenvalue weighted by atomic mass is 16.2. The summed E-state index contributed by atoms with van der Waals surface area (Å²) >= 11 is 0. The predicted octanol–water partition coefficient (Wildman–Crippen LogP) is 4.55. The van der Waals surface area contributed by atoms with Gasteiger partial charge in [-0.25, -0.2) is 0 Å². The van der Waals surface area contributed by atoms with E-state index in [1.165, 1.54) is 24.0 Å². The lowest BCUT2D eigenvalue weighted by Crippen LogP contribution is -2.26. The number of nitrogens with one attached hydrogen (secondary N) is 2. The lowest BCUT2D eigenvalue weighted by atomic mass is 9.97. The Morgan fingerprint density at radius 3 is 2.32 bits per heavy atom. The van der Waals surface area contributed by atoms with Crippen LogP contribution in [0.5, 0.6) is 0 Å². The molecule has 4 heteroatoms. The number of hydrogen-bond acceptors (Lipinski definition) is 2. The fourth-order valence-corrected chi connectivity index (χ4v) is 3.36. The van der Waals surface area contributed by atoms with Crippen LogP contribution in [-0.4, -0.2) is 18.4 Å². The largest absolute Gasteiger partial charge is 0.352 e. The molecule has 0 unspecified atom stereocenters. The maximum Gasteiger partial charge on any atom is 0.251 e. The molecule has 0 bridgehead atoms. The molecule has 0 spiro atoms. The van der Waals surface area contributed by atoms with Crippen LogP contribution in [0.25, 0.3) is 0 Å². The molecule has 2 N–H and O–H groups in total. The van der Waals surface area contributed by atoms with E-state index in [4.69, 9.17) is 0 Å². The summed E-state index contributed by atoms with van der Waals surface area (Å²) in [5, 5.41) is 5.87. The highest BCUT2D eigenvalue weighted by Gasteiger charge is 2.11. The molecule has 146 valence electrons. The fourth-order valence-electron chi connectivity index (χ4n) is 3.36. The first-order chi connectivity index (χ1) is 13.6. The van der Waals surface area contributed by atoms with Crippen LogP contribution in [0.2, 0.25) is 0 Å². The zero-order chi connectivity index (χ0) is 19.8. The van der Waals surface area contributed by atoms with Crippen LogP contribution in [0.15, 0.2) is 60.2 Å². The molecule has 0 fully saturated rings. The minimum absolute atomic E-state index is 0.135. The van der Waals surface area contributed by atoms with Gasteiger partial charge in [0.25, 0.3) is 11.8 Å². The molecule has 0 aliphatic heterocycles. The molecule has 0 radical (unpaired) electrons. The van der Waals surface area contributed by atoms with Gasteiger partial charge in [-0.2, -0.15) is 0 Å². The van der Waals surface area contributed by atoms with E-state index in [2.05, 4.69) is 16.7 Å². The summed E-state index contributed by atoms with van der Waals surface area (Å²) in [4.78, 5) is 24.8. The SMILES string of the molecule is Cc1ccc(CNC(=O)c2cccc(C(=O)NCCC3=CCCCC3)c2)cc1. The summed E-state index contributed by atoms with van der Waals surface area (Å²) in [6, 6.07) is 14.9. The maximum absolute atomic E-state index is 12.4. The number of rotatable bonds is 7. The first kappa shape index (κ1) is 19.9. The summed E-state index contributed by atoms with van der Waals surface area (Å²) in [6.45, 7) is 3.13. The van der Waals surface area contributed by atoms with Crippen LogP contribution in [0.1, 0.15) is 63.9 Å². The van der Waals surface area contributed by atoms with Gasteiger partial charge in [0.1, 0.15) is 0 Å². The highest BCUT2D eigenvalue weighted by molar-refractivity contribution is 5.99. The third kappa shape index (κ3) is 5.81. The molecule has 1 aliphatic carbocycles. The van der Waals surface area contributed by atoms with E-state index in [-0.39, 0.29) is 11.8 Å². The third-order valence-electron chi connectivity index (χ3n) is 5.08. The number of hydrogen-bond donors (Lipinski definition) is 2. The molecular weight excluding hydrogens is 348 g/mol. The summed E-state index contributed by atoms with van der Waals surface area (Å²) in [7, 11) is 0. The summed E-state index contributed by atoms with van der Waals surface area (Å²) < 4.78 is 0. The zero-order valence-electron chi connectivity index (χ0n) is 16.5. The van der Waals surface area contributed by atoms with E-state index >= 15 is 0 Å². The number of benzene rings is 2. The van der Waals surface area contributed by atoms with Gasteiger partial charge in [0.15, 0.2) is 0 Å². The molecule has 0 atom stereocenters. The van der Waals surface area contributed by atoms with Crippen LogP contribution in [0, 0.1) is 6.92 Å². The van der Waals surface area contributed by atoms with E-state index in [1.807, 2.05) is 31.2 Å². The summed E-state index contributed by atoms with van der Waals surface area (Å²) in [5.74, 6) is -0.313. The molecule has 2 amide bonds. The van der Waals surface area contributed by atoms with Gasteiger partial charge < -0.3 is 10.6 Å². The van der Waals surface area contributed by atoms with Gasteiger partial charge in [-0.05, 0) is 62.8 Å². The molecule has 28 heavy (non-hydrogen) atoms. The topological polar surface area (TPSA) is 58.2 Å². The van der Waals surface area contributed by atoms with Crippen LogP contribution >= 0.6 is 0 Å². The van der Waals surface area contributed by atoms with Crippen LogP contribution in [0.3, 0.4) is 0 Å². The monoisotopic (exact) mass is 376 g/mol. The lowest BCUT2D eigenvalue weighted by molar-refractivity contribution is 0.0950. The van der Waals surface area contributed by atoms with E-state index in [0.29, 0.717) is 24.2 Å². The Bertz CT molecular complexity index is 853. The van der Waals surface area contributed by atoms with Crippen molar-refractivity contribution < 1.29 is 9.59 Å². The molecule has 3 rings (SSSR count). The summed E-state index contributed by atoms with van der Waals surface area (Å²) in [5.41, 5.74) is 4.68. The minimum atomic E-state index is -0.178. The average Bonchev–Trinajstić information content (AvgIpc) is 2.74. The fraction of sp³-hybridized carbons (Fsp3) is 0.333. The Balaban J connectivity index is 1.51. The van der Waals surface area contributed by atoms with Crippen molar-refractivity contribution >= 4 is 11.8 Å². The Hall–Kier alpha value is -2.88. The first-order valence-corrected chi connectivity index (χ1v) is 10.0. The van der Waals surface area contributed by atoms with Crippen LogP contribution < -0.4 is 10.6 Å². The highest BCUT2D eigenvalue weighted by Crippen LogP contribution is 2.19. The van der Waals surface area contributed by atoms with Gasteiger partial charge in [-0.1, -0.05) is 47.5 Å². The second kappa shape index (κ2) is 9.88. The molecule has 0 heterocycles. The Morgan fingerprint density at radius 2 is 1.64 bits per heavy atom. The third-order valence-corrected chi connectivity index (χ3v) is 5.08. The number of carbonyl (C=O) groups is 2. The Morgan fingerprint density at radius 1 is 0.929 bits per heavy atom. The van der Waals surface area contributed by atoms with E-state index in [0.717, 1.165) is 24.8 Å². The molecule has 0 saturated carbocycles. The lowest BCUT2D eigenvalue weighted by Gasteiger charge is -2.13. The van der Waals surface area contributed by atoms with Crippen molar-refractivity contribution in [3.8, 4) is 0 Å². The number of carbonyl (C=O) groups excluding carboxylic acids is 2.